The van der Waals surface area contributed by atoms with E-state index in [2.05, 4.69) is 12.1 Å². The van der Waals surface area contributed by atoms with Crippen LogP contribution in [-0.2, 0) is 4.79 Å². The second-order valence-electron chi connectivity index (χ2n) is 5.00. The zero-order chi connectivity index (χ0) is 15.2. The Hall–Kier alpha value is -2.03. The molecule has 112 valence electrons. The Balaban J connectivity index is 2.27. The van der Waals surface area contributed by atoms with E-state index in [4.69, 9.17) is 4.74 Å². The number of carbonyl (C=O) groups excluding carboxylic acids is 1. The molecule has 0 N–H and O–H groups in total. The Bertz CT molecular complexity index is 600. The van der Waals surface area contributed by atoms with E-state index in [0.717, 1.165) is 16.5 Å². The lowest BCUT2D eigenvalue weighted by Crippen LogP contribution is -2.41. The summed E-state index contributed by atoms with van der Waals surface area (Å²) >= 11 is 0. The number of hydrogen-bond acceptors (Lipinski definition) is 2. The highest BCUT2D eigenvalue weighted by Crippen LogP contribution is 2.26. The molecule has 0 aromatic heterocycles. The molecule has 0 aliphatic carbocycles. The molecule has 0 radical (unpaired) electrons. The number of carbonyl (C=O) groups is 1. The number of ether oxygens (including phenoxy) is 1. The number of likely N-dealkylation sites (N-methyl/N-ethyl adjacent to an activating group) is 1. The monoisotopic (exact) mass is 285 g/mol. The largest absolute Gasteiger partial charge is 0.480 e. The van der Waals surface area contributed by atoms with E-state index >= 15 is 0 Å². The van der Waals surface area contributed by atoms with Crippen LogP contribution in [0.4, 0.5) is 0 Å². The molecule has 0 aliphatic heterocycles. The first-order valence-electron chi connectivity index (χ1n) is 7.64. The maximum atomic E-state index is 12.5. The standard InChI is InChI=1S/C18H23NO2/c1-4-16(18(20)19(5-2)6-3)21-17-13-9-11-14-10-7-8-12-15(14)17/h7-13,16H,4-6H2,1-3H3/t16-/m0/s1. The van der Waals surface area contributed by atoms with Gasteiger partial charge in [0, 0.05) is 18.5 Å². The highest BCUT2D eigenvalue weighted by molar-refractivity contribution is 5.89. The van der Waals surface area contributed by atoms with Crippen molar-refractivity contribution in [3.8, 4) is 5.75 Å². The molecule has 2 aromatic rings. The summed E-state index contributed by atoms with van der Waals surface area (Å²) in [4.78, 5) is 14.3. The first-order chi connectivity index (χ1) is 10.2. The van der Waals surface area contributed by atoms with E-state index in [1.54, 1.807) is 0 Å². The van der Waals surface area contributed by atoms with E-state index in [9.17, 15) is 4.79 Å². The molecule has 1 atom stereocenters. The number of rotatable bonds is 6. The smallest absolute Gasteiger partial charge is 0.263 e. The minimum absolute atomic E-state index is 0.0652. The highest BCUT2D eigenvalue weighted by Gasteiger charge is 2.23. The first kappa shape index (κ1) is 15.4. The molecule has 0 saturated heterocycles. The van der Waals surface area contributed by atoms with Gasteiger partial charge in [0.25, 0.3) is 5.91 Å². The van der Waals surface area contributed by atoms with Gasteiger partial charge in [0.1, 0.15) is 5.75 Å². The summed E-state index contributed by atoms with van der Waals surface area (Å²) in [5.41, 5.74) is 0. The number of benzene rings is 2. The van der Waals surface area contributed by atoms with Gasteiger partial charge in [0.05, 0.1) is 0 Å². The molecular weight excluding hydrogens is 262 g/mol. The second kappa shape index (κ2) is 7.11. The molecule has 0 unspecified atom stereocenters. The number of amides is 1. The third-order valence-electron chi connectivity index (χ3n) is 3.74. The van der Waals surface area contributed by atoms with Crippen LogP contribution in [0.5, 0.6) is 5.75 Å². The predicted octanol–water partition coefficient (Wildman–Crippen LogP) is 3.87. The van der Waals surface area contributed by atoms with Gasteiger partial charge in [0.2, 0.25) is 0 Å². The Morgan fingerprint density at radius 1 is 1.05 bits per heavy atom. The molecule has 0 bridgehead atoms. The van der Waals surface area contributed by atoms with Crippen LogP contribution >= 0.6 is 0 Å². The van der Waals surface area contributed by atoms with Gasteiger partial charge >= 0.3 is 0 Å². The quantitative estimate of drug-likeness (QED) is 0.806. The highest BCUT2D eigenvalue weighted by atomic mass is 16.5. The molecule has 3 heteroatoms. The van der Waals surface area contributed by atoms with Crippen molar-refractivity contribution in [1.29, 1.82) is 0 Å². The fraction of sp³-hybridized carbons (Fsp3) is 0.389. The van der Waals surface area contributed by atoms with Crippen LogP contribution in [0.15, 0.2) is 42.5 Å². The number of nitrogens with zero attached hydrogens (tertiary/aromatic N) is 1. The molecule has 0 aliphatic rings. The topological polar surface area (TPSA) is 29.5 Å². The van der Waals surface area contributed by atoms with Gasteiger partial charge in [-0.1, -0.05) is 43.3 Å². The van der Waals surface area contributed by atoms with Gasteiger partial charge < -0.3 is 9.64 Å². The van der Waals surface area contributed by atoms with Crippen molar-refractivity contribution < 1.29 is 9.53 Å². The van der Waals surface area contributed by atoms with Crippen molar-refractivity contribution in [2.45, 2.75) is 33.3 Å². The van der Waals surface area contributed by atoms with Crippen molar-refractivity contribution in [2.24, 2.45) is 0 Å². The molecule has 21 heavy (non-hydrogen) atoms. The molecule has 0 heterocycles. The fourth-order valence-electron chi connectivity index (χ4n) is 2.50. The zero-order valence-electron chi connectivity index (χ0n) is 13.0. The Kier molecular flexibility index (Phi) is 5.20. The summed E-state index contributed by atoms with van der Waals surface area (Å²) in [6.07, 6.45) is 0.245. The number of hydrogen-bond donors (Lipinski definition) is 0. The van der Waals surface area contributed by atoms with Crippen LogP contribution in [0.25, 0.3) is 10.8 Å². The van der Waals surface area contributed by atoms with E-state index in [1.165, 1.54) is 0 Å². The van der Waals surface area contributed by atoms with Crippen LogP contribution in [0.3, 0.4) is 0 Å². The first-order valence-corrected chi connectivity index (χ1v) is 7.64. The predicted molar refractivity (Wildman–Crippen MR) is 86.6 cm³/mol. The third-order valence-corrected chi connectivity index (χ3v) is 3.74. The molecular formula is C18H23NO2. The van der Waals surface area contributed by atoms with Crippen LogP contribution in [-0.4, -0.2) is 30.0 Å². The van der Waals surface area contributed by atoms with E-state index in [0.29, 0.717) is 19.5 Å². The zero-order valence-corrected chi connectivity index (χ0v) is 13.0. The van der Waals surface area contributed by atoms with E-state index < -0.39 is 6.10 Å². The molecule has 0 fully saturated rings. The lowest BCUT2D eigenvalue weighted by atomic mass is 10.1. The van der Waals surface area contributed by atoms with Gasteiger partial charge in [-0.05, 0) is 31.7 Å². The van der Waals surface area contributed by atoms with Crippen molar-refractivity contribution in [3.05, 3.63) is 42.5 Å². The maximum Gasteiger partial charge on any atom is 0.263 e. The van der Waals surface area contributed by atoms with Crippen LogP contribution in [0.1, 0.15) is 27.2 Å². The van der Waals surface area contributed by atoms with Crippen molar-refractivity contribution >= 4 is 16.7 Å². The average Bonchev–Trinajstić information content (AvgIpc) is 2.53. The number of fused-ring (bicyclic) bond motifs is 1. The fourth-order valence-corrected chi connectivity index (χ4v) is 2.50. The van der Waals surface area contributed by atoms with Crippen molar-refractivity contribution in [3.63, 3.8) is 0 Å². The van der Waals surface area contributed by atoms with E-state index in [1.807, 2.05) is 56.0 Å². The Morgan fingerprint density at radius 3 is 2.38 bits per heavy atom. The Morgan fingerprint density at radius 2 is 1.71 bits per heavy atom. The maximum absolute atomic E-state index is 12.5. The minimum Gasteiger partial charge on any atom is -0.480 e. The molecule has 0 saturated carbocycles. The van der Waals surface area contributed by atoms with Crippen LogP contribution < -0.4 is 4.74 Å². The van der Waals surface area contributed by atoms with Crippen molar-refractivity contribution in [2.75, 3.05) is 13.1 Å². The summed E-state index contributed by atoms with van der Waals surface area (Å²) in [6, 6.07) is 14.0. The third kappa shape index (κ3) is 3.35. The molecule has 2 rings (SSSR count). The Labute approximate surface area is 126 Å². The molecule has 1 amide bonds. The lowest BCUT2D eigenvalue weighted by Gasteiger charge is -2.25. The molecule has 3 nitrogen and oxygen atoms in total. The summed E-state index contributed by atoms with van der Waals surface area (Å²) in [7, 11) is 0. The van der Waals surface area contributed by atoms with Crippen molar-refractivity contribution in [1.82, 2.24) is 4.90 Å². The molecule has 2 aromatic carbocycles. The van der Waals surface area contributed by atoms with Gasteiger partial charge in [-0.2, -0.15) is 0 Å². The second-order valence-corrected chi connectivity index (χ2v) is 5.00. The van der Waals surface area contributed by atoms with Crippen LogP contribution in [0.2, 0.25) is 0 Å². The lowest BCUT2D eigenvalue weighted by molar-refractivity contribution is -0.138. The minimum atomic E-state index is -0.421. The van der Waals surface area contributed by atoms with Gasteiger partial charge in [-0.3, -0.25) is 4.79 Å². The summed E-state index contributed by atoms with van der Waals surface area (Å²) < 4.78 is 6.03. The summed E-state index contributed by atoms with van der Waals surface area (Å²) in [5, 5.41) is 2.17. The average molecular weight is 285 g/mol. The summed E-state index contributed by atoms with van der Waals surface area (Å²) in [5.74, 6) is 0.843. The van der Waals surface area contributed by atoms with Gasteiger partial charge in [0.15, 0.2) is 6.10 Å². The SMILES string of the molecule is CC[C@H](Oc1cccc2ccccc12)C(=O)N(CC)CC. The van der Waals surface area contributed by atoms with Crippen LogP contribution in [0, 0.1) is 0 Å². The molecule has 0 spiro atoms. The summed E-state index contributed by atoms with van der Waals surface area (Å²) in [6.45, 7) is 7.39. The van der Waals surface area contributed by atoms with E-state index in [-0.39, 0.29) is 5.91 Å². The normalized spacial score (nSPS) is 12.1. The van der Waals surface area contributed by atoms with Gasteiger partial charge in [-0.15, -0.1) is 0 Å². The van der Waals surface area contributed by atoms with Gasteiger partial charge in [-0.25, -0.2) is 0 Å².